The minimum atomic E-state index is -0.775. The molecule has 0 aliphatic heterocycles. The predicted molar refractivity (Wildman–Crippen MR) is 54.0 cm³/mol. The molecule has 0 bridgehead atoms. The quantitative estimate of drug-likeness (QED) is 0.455. The smallest absolute Gasteiger partial charge is 0.330 e. The summed E-state index contributed by atoms with van der Waals surface area (Å²) in [4.78, 5) is 21.1. The number of carbonyl (C=O) groups is 2. The Bertz CT molecular complexity index is 246. The maximum Gasteiger partial charge on any atom is 0.330 e. The fraction of sp³-hybridized carbons (Fsp3) is 0.333. The molecule has 3 amide bonds. The van der Waals surface area contributed by atoms with Crippen LogP contribution in [0.4, 0.5) is 4.79 Å². The van der Waals surface area contributed by atoms with Gasteiger partial charge in [0, 0.05) is 6.42 Å². The predicted octanol–water partition coefficient (Wildman–Crippen LogP) is 0.598. The van der Waals surface area contributed by atoms with E-state index in [1.807, 2.05) is 36.7 Å². The van der Waals surface area contributed by atoms with Gasteiger partial charge < -0.3 is 5.73 Å². The molecule has 0 unspecified atom stereocenters. The zero-order valence-electron chi connectivity index (χ0n) is 8.12. The second-order valence-corrected chi connectivity index (χ2v) is 2.53. The Morgan fingerprint density at radius 3 is 2.57 bits per heavy atom. The second kappa shape index (κ2) is 7.85. The van der Waals surface area contributed by atoms with Crippen LogP contribution in [-0.4, -0.2) is 11.9 Å². The van der Waals surface area contributed by atoms with Gasteiger partial charge in [0.05, 0.1) is 0 Å². The molecule has 0 radical (unpaired) electrons. The first-order valence-electron chi connectivity index (χ1n) is 4.29. The van der Waals surface area contributed by atoms with Crippen molar-refractivity contribution in [2.75, 3.05) is 0 Å². The molecule has 14 heavy (non-hydrogen) atoms. The summed E-state index contributed by atoms with van der Waals surface area (Å²) in [6.45, 7) is 1.91. The Balaban J connectivity index is 3.49. The lowest BCUT2D eigenvalue weighted by Crippen LogP contribution is -2.44. The van der Waals surface area contributed by atoms with Crippen LogP contribution in [0.5, 0.6) is 0 Å². The van der Waals surface area contributed by atoms with E-state index in [4.69, 9.17) is 5.73 Å². The maximum absolute atomic E-state index is 10.9. The van der Waals surface area contributed by atoms with E-state index < -0.39 is 6.03 Å². The highest BCUT2D eigenvalue weighted by atomic mass is 16.2. The Labute approximate surface area is 83.0 Å². The number of amides is 3. The summed E-state index contributed by atoms with van der Waals surface area (Å²) < 4.78 is 0. The monoisotopic (exact) mass is 197 g/mol. The van der Waals surface area contributed by atoms with Gasteiger partial charge in [-0.25, -0.2) is 10.2 Å². The number of urea groups is 1. The van der Waals surface area contributed by atoms with Crippen molar-refractivity contribution in [3.05, 3.63) is 24.3 Å². The van der Waals surface area contributed by atoms with Gasteiger partial charge in [-0.1, -0.05) is 24.3 Å². The number of hydrogen-bond donors (Lipinski definition) is 3. The SMILES string of the molecule is CC=CC=CCCC(=O)NNC(N)=O. The van der Waals surface area contributed by atoms with E-state index in [-0.39, 0.29) is 5.91 Å². The second-order valence-electron chi connectivity index (χ2n) is 2.53. The van der Waals surface area contributed by atoms with Gasteiger partial charge in [-0.15, -0.1) is 0 Å². The third-order valence-corrected chi connectivity index (χ3v) is 1.30. The molecule has 0 heterocycles. The topological polar surface area (TPSA) is 84.2 Å². The van der Waals surface area contributed by atoms with Crippen LogP contribution < -0.4 is 16.6 Å². The average molecular weight is 197 g/mol. The summed E-state index contributed by atoms with van der Waals surface area (Å²) in [7, 11) is 0. The molecule has 0 aliphatic rings. The summed E-state index contributed by atoms with van der Waals surface area (Å²) in [5.74, 6) is -0.270. The Kier molecular flexibility index (Phi) is 6.85. The molecule has 0 fully saturated rings. The molecule has 0 saturated heterocycles. The molecule has 0 rings (SSSR count). The molecule has 0 spiro atoms. The number of carbonyl (C=O) groups excluding carboxylic acids is 2. The first-order chi connectivity index (χ1) is 6.66. The van der Waals surface area contributed by atoms with Crippen molar-refractivity contribution in [1.82, 2.24) is 10.9 Å². The van der Waals surface area contributed by atoms with Gasteiger partial charge in [0.2, 0.25) is 5.91 Å². The summed E-state index contributed by atoms with van der Waals surface area (Å²) in [5.41, 5.74) is 8.90. The molecular weight excluding hydrogens is 182 g/mol. The van der Waals surface area contributed by atoms with Gasteiger partial charge in [0.25, 0.3) is 0 Å². The largest absolute Gasteiger partial charge is 0.350 e. The summed E-state index contributed by atoms with van der Waals surface area (Å²) in [6.07, 6.45) is 8.42. The van der Waals surface area contributed by atoms with Gasteiger partial charge in [-0.3, -0.25) is 10.2 Å². The molecule has 4 N–H and O–H groups in total. The zero-order valence-corrected chi connectivity index (χ0v) is 8.12. The van der Waals surface area contributed by atoms with Gasteiger partial charge in [0.15, 0.2) is 0 Å². The number of nitrogens with one attached hydrogen (secondary N) is 2. The average Bonchev–Trinajstić information content (AvgIpc) is 2.14. The van der Waals surface area contributed by atoms with E-state index in [0.29, 0.717) is 12.8 Å². The van der Waals surface area contributed by atoms with Gasteiger partial charge in [0.1, 0.15) is 0 Å². The van der Waals surface area contributed by atoms with Crippen LogP contribution in [0.25, 0.3) is 0 Å². The molecular formula is C9H15N3O2. The minimum absolute atomic E-state index is 0.270. The Morgan fingerprint density at radius 1 is 1.29 bits per heavy atom. The van der Waals surface area contributed by atoms with Crippen LogP contribution in [0.3, 0.4) is 0 Å². The minimum Gasteiger partial charge on any atom is -0.350 e. The van der Waals surface area contributed by atoms with Crippen LogP contribution in [0.2, 0.25) is 0 Å². The van der Waals surface area contributed by atoms with Crippen molar-refractivity contribution in [3.8, 4) is 0 Å². The molecule has 0 aromatic heterocycles. The molecule has 0 aliphatic carbocycles. The van der Waals surface area contributed by atoms with Gasteiger partial charge >= 0.3 is 6.03 Å². The molecule has 5 nitrogen and oxygen atoms in total. The van der Waals surface area contributed by atoms with Crippen LogP contribution in [0.1, 0.15) is 19.8 Å². The first-order valence-corrected chi connectivity index (χ1v) is 4.29. The maximum atomic E-state index is 10.9. The van der Waals surface area contributed by atoms with Gasteiger partial charge in [-0.2, -0.15) is 0 Å². The molecule has 0 saturated carbocycles. The lowest BCUT2D eigenvalue weighted by molar-refractivity contribution is -0.121. The summed E-state index contributed by atoms with van der Waals surface area (Å²) >= 11 is 0. The van der Waals surface area contributed by atoms with E-state index in [1.165, 1.54) is 0 Å². The molecule has 0 atom stereocenters. The third-order valence-electron chi connectivity index (χ3n) is 1.30. The lowest BCUT2D eigenvalue weighted by atomic mass is 10.3. The summed E-state index contributed by atoms with van der Waals surface area (Å²) in [6, 6.07) is -0.775. The fourth-order valence-electron chi connectivity index (χ4n) is 0.694. The van der Waals surface area contributed by atoms with E-state index in [9.17, 15) is 9.59 Å². The Morgan fingerprint density at radius 2 is 2.00 bits per heavy atom. The fourth-order valence-corrected chi connectivity index (χ4v) is 0.694. The van der Waals surface area contributed by atoms with Crippen molar-refractivity contribution < 1.29 is 9.59 Å². The molecule has 78 valence electrons. The number of allylic oxidation sites excluding steroid dienone is 4. The number of primary amides is 1. The van der Waals surface area contributed by atoms with Gasteiger partial charge in [-0.05, 0) is 13.3 Å². The molecule has 5 heteroatoms. The number of rotatable bonds is 4. The molecule has 0 aromatic rings. The summed E-state index contributed by atoms with van der Waals surface area (Å²) in [5, 5.41) is 0. The van der Waals surface area contributed by atoms with E-state index in [0.717, 1.165) is 0 Å². The first kappa shape index (κ1) is 12.2. The highest BCUT2D eigenvalue weighted by Crippen LogP contribution is 1.90. The number of hydrazine groups is 1. The third kappa shape index (κ3) is 8.32. The van der Waals surface area contributed by atoms with E-state index in [2.05, 4.69) is 5.43 Å². The van der Waals surface area contributed by atoms with Crippen molar-refractivity contribution in [3.63, 3.8) is 0 Å². The van der Waals surface area contributed by atoms with E-state index >= 15 is 0 Å². The zero-order chi connectivity index (χ0) is 10.8. The van der Waals surface area contributed by atoms with E-state index in [1.54, 1.807) is 0 Å². The van der Waals surface area contributed by atoms with Crippen LogP contribution in [0, 0.1) is 0 Å². The van der Waals surface area contributed by atoms with Crippen LogP contribution >= 0.6 is 0 Å². The van der Waals surface area contributed by atoms with Crippen LogP contribution in [-0.2, 0) is 4.79 Å². The standard InChI is InChI=1S/C9H15N3O2/c1-2-3-4-5-6-7-8(13)11-12-9(10)14/h2-5H,6-7H2,1H3,(H,11,13)(H3,10,12,14). The Hall–Kier alpha value is -1.78. The lowest BCUT2D eigenvalue weighted by Gasteiger charge is -2.02. The van der Waals surface area contributed by atoms with Crippen molar-refractivity contribution >= 4 is 11.9 Å². The number of hydrogen-bond acceptors (Lipinski definition) is 2. The normalized spacial score (nSPS) is 10.6. The van der Waals surface area contributed by atoms with Crippen molar-refractivity contribution in [2.45, 2.75) is 19.8 Å². The highest BCUT2D eigenvalue weighted by molar-refractivity contribution is 5.80. The highest BCUT2D eigenvalue weighted by Gasteiger charge is 1.98. The molecule has 0 aromatic carbocycles. The number of nitrogens with two attached hydrogens (primary N) is 1. The van der Waals surface area contributed by atoms with Crippen molar-refractivity contribution in [1.29, 1.82) is 0 Å². The van der Waals surface area contributed by atoms with Crippen molar-refractivity contribution in [2.24, 2.45) is 5.73 Å². The van der Waals surface area contributed by atoms with Crippen LogP contribution in [0.15, 0.2) is 24.3 Å².